The van der Waals surface area contributed by atoms with E-state index < -0.39 is 0 Å². The van der Waals surface area contributed by atoms with Crippen LogP contribution in [0.1, 0.15) is 18.4 Å². The molecule has 1 amide bonds. The van der Waals surface area contributed by atoms with Crippen LogP contribution in [0.5, 0.6) is 0 Å². The summed E-state index contributed by atoms with van der Waals surface area (Å²) in [6, 6.07) is 7.30. The fourth-order valence-electron chi connectivity index (χ4n) is 1.84. The first-order valence-electron chi connectivity index (χ1n) is 6.90. The lowest BCUT2D eigenvalue weighted by atomic mass is 10.2. The first-order chi connectivity index (χ1) is 10.0. The largest absolute Gasteiger partial charge is 0.389 e. The molecule has 0 radical (unpaired) electrons. The maximum Gasteiger partial charge on any atom is 0.224 e. The van der Waals surface area contributed by atoms with Crippen LogP contribution in [0, 0.1) is 0 Å². The average Bonchev–Trinajstić information content (AvgIpc) is 2.45. The van der Waals surface area contributed by atoms with Crippen molar-refractivity contribution in [1.29, 1.82) is 0 Å². The molecule has 0 aliphatic carbocycles. The molecule has 21 heavy (non-hydrogen) atoms. The molecule has 0 saturated heterocycles. The monoisotopic (exact) mass is 325 g/mol. The molecule has 1 aromatic rings. The fraction of sp³-hybridized carbons (Fsp3) is 0.467. The Bertz CT molecular complexity index is 480. The number of hydrogen-bond acceptors (Lipinski definition) is 4. The molecule has 0 aliphatic heterocycles. The third-order valence-electron chi connectivity index (χ3n) is 3.05. The Morgan fingerprint density at radius 3 is 2.86 bits per heavy atom. The van der Waals surface area contributed by atoms with E-state index in [1.165, 1.54) is 0 Å². The van der Waals surface area contributed by atoms with Crippen molar-refractivity contribution in [3.63, 3.8) is 0 Å². The molecule has 116 valence electrons. The van der Waals surface area contributed by atoms with Gasteiger partial charge in [0.2, 0.25) is 5.91 Å². The number of anilines is 1. The number of rotatable bonds is 9. The molecule has 1 rings (SSSR count). The molecule has 0 aliphatic rings. The van der Waals surface area contributed by atoms with Gasteiger partial charge in [0.05, 0.1) is 0 Å². The summed E-state index contributed by atoms with van der Waals surface area (Å²) in [4.78, 5) is 14.5. The van der Waals surface area contributed by atoms with Gasteiger partial charge in [0.1, 0.15) is 4.99 Å². The van der Waals surface area contributed by atoms with E-state index >= 15 is 0 Å². The molecule has 0 spiro atoms. The smallest absolute Gasteiger partial charge is 0.224 e. The van der Waals surface area contributed by atoms with Gasteiger partial charge in [-0.25, -0.2) is 0 Å². The highest BCUT2D eigenvalue weighted by Gasteiger charge is 2.05. The average molecular weight is 326 g/mol. The van der Waals surface area contributed by atoms with Crippen molar-refractivity contribution in [2.75, 3.05) is 37.5 Å². The number of hydrogen-bond donors (Lipinski definition) is 2. The quantitative estimate of drug-likeness (QED) is 0.683. The second kappa shape index (κ2) is 9.76. The summed E-state index contributed by atoms with van der Waals surface area (Å²) in [5, 5.41) is 2.88. The number of thioether (sulfide) groups is 1. The molecule has 1 aromatic carbocycles. The van der Waals surface area contributed by atoms with E-state index in [1.807, 2.05) is 30.0 Å². The van der Waals surface area contributed by atoms with Crippen LogP contribution in [-0.2, 0) is 4.79 Å². The highest BCUT2D eigenvalue weighted by molar-refractivity contribution is 7.98. The van der Waals surface area contributed by atoms with E-state index in [1.54, 1.807) is 6.07 Å². The van der Waals surface area contributed by atoms with E-state index in [0.29, 0.717) is 11.4 Å². The summed E-state index contributed by atoms with van der Waals surface area (Å²) in [5.74, 6) is 1.14. The summed E-state index contributed by atoms with van der Waals surface area (Å²) in [6.07, 6.45) is 3.47. The maximum atomic E-state index is 11.9. The zero-order valence-electron chi connectivity index (χ0n) is 12.6. The molecule has 0 saturated carbocycles. The van der Waals surface area contributed by atoms with E-state index in [-0.39, 0.29) is 5.91 Å². The second-order valence-electron chi connectivity index (χ2n) is 4.89. The van der Waals surface area contributed by atoms with Gasteiger partial charge in [0, 0.05) is 30.0 Å². The van der Waals surface area contributed by atoms with Gasteiger partial charge in [-0.3, -0.25) is 4.79 Å². The number of carbonyl (C=O) groups excluding carboxylic acids is 1. The Morgan fingerprint density at radius 1 is 1.43 bits per heavy atom. The number of amides is 1. The van der Waals surface area contributed by atoms with Crippen LogP contribution in [0.4, 0.5) is 5.69 Å². The van der Waals surface area contributed by atoms with E-state index in [0.717, 1.165) is 36.5 Å². The van der Waals surface area contributed by atoms with Gasteiger partial charge < -0.3 is 16.0 Å². The fourth-order valence-corrected chi connectivity index (χ4v) is 2.46. The van der Waals surface area contributed by atoms with Gasteiger partial charge in [0.25, 0.3) is 0 Å². The van der Waals surface area contributed by atoms with Crippen LogP contribution < -0.4 is 11.1 Å². The predicted octanol–water partition coefficient (Wildman–Crippen LogP) is 2.33. The van der Waals surface area contributed by atoms with Gasteiger partial charge >= 0.3 is 0 Å². The number of benzene rings is 1. The number of thiocarbonyl (C=S) groups is 1. The van der Waals surface area contributed by atoms with Crippen LogP contribution >= 0.6 is 24.0 Å². The van der Waals surface area contributed by atoms with Crippen molar-refractivity contribution < 1.29 is 4.79 Å². The first-order valence-corrected chi connectivity index (χ1v) is 8.70. The van der Waals surface area contributed by atoms with Gasteiger partial charge in [-0.05, 0) is 38.4 Å². The molecule has 0 unspecified atom stereocenters. The Balaban J connectivity index is 2.33. The van der Waals surface area contributed by atoms with Gasteiger partial charge in [-0.2, -0.15) is 11.8 Å². The van der Waals surface area contributed by atoms with Crippen molar-refractivity contribution in [2.45, 2.75) is 12.8 Å². The summed E-state index contributed by atoms with van der Waals surface area (Å²) in [7, 11) is 2.08. The third kappa shape index (κ3) is 7.45. The molecule has 4 nitrogen and oxygen atoms in total. The highest BCUT2D eigenvalue weighted by atomic mass is 32.2. The highest BCUT2D eigenvalue weighted by Crippen LogP contribution is 2.11. The molecule has 3 N–H and O–H groups in total. The first kappa shape index (κ1) is 17.9. The molecule has 0 aromatic heterocycles. The van der Waals surface area contributed by atoms with Crippen LogP contribution in [0.25, 0.3) is 0 Å². The summed E-state index contributed by atoms with van der Waals surface area (Å²) in [6.45, 7) is 1.99. The zero-order chi connectivity index (χ0) is 15.7. The van der Waals surface area contributed by atoms with Crippen molar-refractivity contribution in [2.24, 2.45) is 5.73 Å². The number of nitrogens with two attached hydrogens (primary N) is 1. The number of nitrogens with one attached hydrogen (secondary N) is 1. The Kier molecular flexibility index (Phi) is 8.34. The number of nitrogens with zero attached hydrogens (tertiary/aromatic N) is 1. The third-order valence-corrected chi connectivity index (χ3v) is 3.88. The summed E-state index contributed by atoms with van der Waals surface area (Å²) >= 11 is 6.76. The topological polar surface area (TPSA) is 58.4 Å². The maximum absolute atomic E-state index is 11.9. The van der Waals surface area contributed by atoms with E-state index in [4.69, 9.17) is 18.0 Å². The minimum Gasteiger partial charge on any atom is -0.389 e. The van der Waals surface area contributed by atoms with E-state index in [9.17, 15) is 4.79 Å². The van der Waals surface area contributed by atoms with E-state index in [2.05, 4.69) is 23.5 Å². The molecule has 6 heteroatoms. The molecule has 0 atom stereocenters. The van der Waals surface area contributed by atoms with Crippen LogP contribution in [0.2, 0.25) is 0 Å². The number of carbonyl (C=O) groups is 1. The molecule has 0 bridgehead atoms. The molecular weight excluding hydrogens is 302 g/mol. The predicted molar refractivity (Wildman–Crippen MR) is 96.1 cm³/mol. The SMILES string of the molecule is CSCCN(C)CCCC(=O)Nc1cccc(C(N)=S)c1. The summed E-state index contributed by atoms with van der Waals surface area (Å²) < 4.78 is 0. The molecular formula is C15H23N3OS2. The van der Waals surface area contributed by atoms with Gasteiger partial charge in [0.15, 0.2) is 0 Å². The normalized spacial score (nSPS) is 10.6. The Morgan fingerprint density at radius 2 is 2.19 bits per heavy atom. The van der Waals surface area contributed by atoms with Crippen molar-refractivity contribution >= 4 is 40.6 Å². The second-order valence-corrected chi connectivity index (χ2v) is 6.32. The van der Waals surface area contributed by atoms with Crippen molar-refractivity contribution in [1.82, 2.24) is 4.90 Å². The van der Waals surface area contributed by atoms with Crippen LogP contribution in [-0.4, -0.2) is 47.9 Å². The van der Waals surface area contributed by atoms with Gasteiger partial charge in [-0.1, -0.05) is 24.4 Å². The molecule has 0 fully saturated rings. The lowest BCUT2D eigenvalue weighted by molar-refractivity contribution is -0.116. The van der Waals surface area contributed by atoms with Crippen molar-refractivity contribution in [3.8, 4) is 0 Å². The van der Waals surface area contributed by atoms with Gasteiger partial charge in [-0.15, -0.1) is 0 Å². The van der Waals surface area contributed by atoms with Crippen molar-refractivity contribution in [3.05, 3.63) is 29.8 Å². The lowest BCUT2D eigenvalue weighted by Gasteiger charge is -2.15. The molecule has 0 heterocycles. The summed E-state index contributed by atoms with van der Waals surface area (Å²) in [5.41, 5.74) is 7.08. The Labute approximate surface area is 136 Å². The van der Waals surface area contributed by atoms with Crippen LogP contribution in [0.3, 0.4) is 0 Å². The minimum absolute atomic E-state index is 0.0216. The standard InChI is InChI=1S/C15H23N3OS2/c1-18(9-10-21-2)8-4-7-14(19)17-13-6-3-5-12(11-13)15(16)20/h3,5-6,11H,4,7-10H2,1-2H3,(H2,16,20)(H,17,19). The van der Waals surface area contributed by atoms with Crippen LogP contribution in [0.15, 0.2) is 24.3 Å². The minimum atomic E-state index is 0.0216. The zero-order valence-corrected chi connectivity index (χ0v) is 14.2. The Hall–Kier alpha value is -1.11. The lowest BCUT2D eigenvalue weighted by Crippen LogP contribution is -2.23.